The van der Waals surface area contributed by atoms with Gasteiger partial charge >= 0.3 is 0 Å². The van der Waals surface area contributed by atoms with Crippen LogP contribution in [0, 0.1) is 5.92 Å². The molecule has 0 aliphatic carbocycles. The summed E-state index contributed by atoms with van der Waals surface area (Å²) in [6, 6.07) is 7.70. The summed E-state index contributed by atoms with van der Waals surface area (Å²) < 4.78 is 5.25. The minimum absolute atomic E-state index is 0.00944. The van der Waals surface area contributed by atoms with E-state index < -0.39 is 0 Å². The molecule has 0 saturated carbocycles. The summed E-state index contributed by atoms with van der Waals surface area (Å²) in [5, 5.41) is 12.0. The van der Waals surface area contributed by atoms with E-state index in [4.69, 9.17) is 4.74 Å². The van der Waals surface area contributed by atoms with Crippen LogP contribution in [0.15, 0.2) is 24.3 Å². The average Bonchev–Trinajstić information content (AvgIpc) is 2.34. The van der Waals surface area contributed by atoms with Crippen molar-refractivity contribution in [1.29, 1.82) is 0 Å². The highest BCUT2D eigenvalue weighted by Gasteiger charge is 2.12. The van der Waals surface area contributed by atoms with Gasteiger partial charge in [-0.3, -0.25) is 4.79 Å². The van der Waals surface area contributed by atoms with Gasteiger partial charge in [-0.25, -0.2) is 0 Å². The van der Waals surface area contributed by atoms with Gasteiger partial charge in [0, 0.05) is 26.0 Å². The number of methoxy groups -OCH3 is 1. The Morgan fingerprint density at radius 3 is 2.76 bits per heavy atom. The first kappa shape index (κ1) is 13.5. The molecule has 1 aromatic carbocycles. The SMILES string of the molecule is COc1ccccc1CC(CO)CNC(C)=O. The van der Waals surface area contributed by atoms with Gasteiger partial charge in [-0.15, -0.1) is 0 Å². The quantitative estimate of drug-likeness (QED) is 0.775. The van der Waals surface area contributed by atoms with Gasteiger partial charge in [0.2, 0.25) is 5.91 Å². The summed E-state index contributed by atoms with van der Waals surface area (Å²) in [7, 11) is 1.63. The zero-order valence-corrected chi connectivity index (χ0v) is 10.3. The molecule has 17 heavy (non-hydrogen) atoms. The summed E-state index contributed by atoms with van der Waals surface area (Å²) >= 11 is 0. The topological polar surface area (TPSA) is 58.6 Å². The van der Waals surface area contributed by atoms with E-state index in [-0.39, 0.29) is 18.4 Å². The maximum absolute atomic E-state index is 10.8. The molecule has 1 amide bonds. The second kappa shape index (κ2) is 6.91. The number of carbonyl (C=O) groups is 1. The smallest absolute Gasteiger partial charge is 0.216 e. The first-order valence-corrected chi connectivity index (χ1v) is 5.64. The first-order chi connectivity index (χ1) is 8.17. The number of carbonyl (C=O) groups excluding carboxylic acids is 1. The highest BCUT2D eigenvalue weighted by atomic mass is 16.5. The van der Waals surface area contributed by atoms with Crippen LogP contribution in [-0.2, 0) is 11.2 Å². The monoisotopic (exact) mass is 237 g/mol. The third-order valence-corrected chi connectivity index (χ3v) is 2.60. The summed E-state index contributed by atoms with van der Waals surface area (Å²) in [5.41, 5.74) is 1.04. The second-order valence-corrected chi connectivity index (χ2v) is 4.00. The number of amides is 1. The van der Waals surface area contributed by atoms with Crippen molar-refractivity contribution in [2.45, 2.75) is 13.3 Å². The third kappa shape index (κ3) is 4.44. The van der Waals surface area contributed by atoms with Crippen LogP contribution in [0.25, 0.3) is 0 Å². The van der Waals surface area contributed by atoms with Crippen molar-refractivity contribution in [3.63, 3.8) is 0 Å². The van der Waals surface area contributed by atoms with Crippen LogP contribution in [0.3, 0.4) is 0 Å². The third-order valence-electron chi connectivity index (χ3n) is 2.60. The number of rotatable bonds is 6. The van der Waals surface area contributed by atoms with Crippen LogP contribution in [0.5, 0.6) is 5.75 Å². The largest absolute Gasteiger partial charge is 0.496 e. The Hall–Kier alpha value is -1.55. The van der Waals surface area contributed by atoms with Crippen molar-refractivity contribution in [2.24, 2.45) is 5.92 Å². The van der Waals surface area contributed by atoms with Crippen LogP contribution >= 0.6 is 0 Å². The molecular formula is C13H19NO3. The van der Waals surface area contributed by atoms with Crippen LogP contribution in [0.4, 0.5) is 0 Å². The summed E-state index contributed by atoms with van der Waals surface area (Å²) in [4.78, 5) is 10.8. The number of para-hydroxylation sites is 1. The van der Waals surface area contributed by atoms with Crippen molar-refractivity contribution in [3.8, 4) is 5.75 Å². The maximum Gasteiger partial charge on any atom is 0.216 e. The van der Waals surface area contributed by atoms with Crippen molar-refractivity contribution in [2.75, 3.05) is 20.3 Å². The van der Waals surface area contributed by atoms with Crippen molar-refractivity contribution in [1.82, 2.24) is 5.32 Å². The van der Waals surface area contributed by atoms with Gasteiger partial charge in [-0.1, -0.05) is 18.2 Å². The Kier molecular flexibility index (Phi) is 5.49. The van der Waals surface area contributed by atoms with Gasteiger partial charge in [0.1, 0.15) is 5.75 Å². The molecular weight excluding hydrogens is 218 g/mol. The lowest BCUT2D eigenvalue weighted by Gasteiger charge is -2.16. The van der Waals surface area contributed by atoms with Crippen molar-refractivity contribution < 1.29 is 14.6 Å². The van der Waals surface area contributed by atoms with Gasteiger partial charge in [0.05, 0.1) is 7.11 Å². The zero-order chi connectivity index (χ0) is 12.7. The van der Waals surface area contributed by atoms with Gasteiger partial charge in [0.15, 0.2) is 0 Å². The average molecular weight is 237 g/mol. The fraction of sp³-hybridized carbons (Fsp3) is 0.462. The number of aliphatic hydroxyl groups excluding tert-OH is 1. The normalized spacial score (nSPS) is 11.9. The number of benzene rings is 1. The lowest BCUT2D eigenvalue weighted by atomic mass is 9.99. The predicted octanol–water partition coefficient (Wildman–Crippen LogP) is 0.982. The van der Waals surface area contributed by atoms with Gasteiger partial charge in [-0.05, 0) is 18.1 Å². The van der Waals surface area contributed by atoms with Crippen LogP contribution in [0.1, 0.15) is 12.5 Å². The van der Waals surface area contributed by atoms with Crippen LogP contribution in [0.2, 0.25) is 0 Å². The zero-order valence-electron chi connectivity index (χ0n) is 10.3. The van der Waals surface area contributed by atoms with Crippen molar-refractivity contribution in [3.05, 3.63) is 29.8 Å². The molecule has 1 aromatic rings. The Labute approximate surface area is 102 Å². The van der Waals surface area contributed by atoms with Gasteiger partial charge in [0.25, 0.3) is 0 Å². The molecule has 1 rings (SSSR count). The molecule has 0 heterocycles. The summed E-state index contributed by atoms with van der Waals surface area (Å²) in [5.74, 6) is 0.743. The predicted molar refractivity (Wildman–Crippen MR) is 66.0 cm³/mol. The van der Waals surface area contributed by atoms with E-state index >= 15 is 0 Å². The Morgan fingerprint density at radius 1 is 1.47 bits per heavy atom. The van der Waals surface area contributed by atoms with Crippen LogP contribution < -0.4 is 10.1 Å². The molecule has 0 saturated heterocycles. The standard InChI is InChI=1S/C13H19NO3/c1-10(16)14-8-11(9-15)7-12-5-3-4-6-13(12)17-2/h3-6,11,15H,7-9H2,1-2H3,(H,14,16). The molecule has 1 unspecified atom stereocenters. The van der Waals surface area contributed by atoms with E-state index in [0.717, 1.165) is 11.3 Å². The van der Waals surface area contributed by atoms with E-state index in [0.29, 0.717) is 13.0 Å². The van der Waals surface area contributed by atoms with Crippen molar-refractivity contribution >= 4 is 5.91 Å². The number of hydrogen-bond donors (Lipinski definition) is 2. The molecule has 0 aromatic heterocycles. The lowest BCUT2D eigenvalue weighted by molar-refractivity contribution is -0.119. The molecule has 0 bridgehead atoms. The van der Waals surface area contributed by atoms with Gasteiger partial charge < -0.3 is 15.2 Å². The molecule has 4 heteroatoms. The van der Waals surface area contributed by atoms with E-state index in [2.05, 4.69) is 5.32 Å². The minimum atomic E-state index is -0.0801. The van der Waals surface area contributed by atoms with E-state index in [9.17, 15) is 9.90 Å². The number of hydrogen-bond acceptors (Lipinski definition) is 3. The van der Waals surface area contributed by atoms with Crippen LogP contribution in [-0.4, -0.2) is 31.3 Å². The highest BCUT2D eigenvalue weighted by Crippen LogP contribution is 2.20. The fourth-order valence-corrected chi connectivity index (χ4v) is 1.67. The number of nitrogens with one attached hydrogen (secondary N) is 1. The van der Waals surface area contributed by atoms with E-state index in [1.165, 1.54) is 6.92 Å². The number of ether oxygens (including phenoxy) is 1. The molecule has 1 atom stereocenters. The molecule has 94 valence electrons. The Morgan fingerprint density at radius 2 is 2.18 bits per heavy atom. The maximum atomic E-state index is 10.8. The minimum Gasteiger partial charge on any atom is -0.496 e. The molecule has 0 spiro atoms. The van der Waals surface area contributed by atoms with Gasteiger partial charge in [-0.2, -0.15) is 0 Å². The molecule has 0 aliphatic heterocycles. The molecule has 0 fully saturated rings. The molecule has 2 N–H and O–H groups in total. The summed E-state index contributed by atoms with van der Waals surface area (Å²) in [6.07, 6.45) is 0.681. The van der Waals surface area contributed by atoms with E-state index in [1.54, 1.807) is 7.11 Å². The molecule has 0 aliphatic rings. The Balaban J connectivity index is 2.63. The van der Waals surface area contributed by atoms with E-state index in [1.807, 2.05) is 24.3 Å². The number of aliphatic hydroxyl groups is 1. The molecule has 0 radical (unpaired) electrons. The summed E-state index contributed by atoms with van der Waals surface area (Å²) in [6.45, 7) is 1.99. The first-order valence-electron chi connectivity index (χ1n) is 5.64. The fourth-order valence-electron chi connectivity index (χ4n) is 1.67. The Bertz CT molecular complexity index is 365. The lowest BCUT2D eigenvalue weighted by Crippen LogP contribution is -2.30. The highest BCUT2D eigenvalue weighted by molar-refractivity contribution is 5.72. The molecule has 4 nitrogen and oxygen atoms in total. The second-order valence-electron chi connectivity index (χ2n) is 4.00.